The number of hydrogen-bond donors (Lipinski definition) is 2. The lowest BCUT2D eigenvalue weighted by Crippen LogP contribution is -2.36. The fourth-order valence-electron chi connectivity index (χ4n) is 1.95. The Hall–Kier alpha value is -0.950. The molecule has 0 saturated heterocycles. The zero-order chi connectivity index (χ0) is 15.2. The number of likely N-dealkylation sites (N-methyl/N-ethyl adjacent to an activating group) is 1. The van der Waals surface area contributed by atoms with Crippen molar-refractivity contribution in [2.45, 2.75) is 6.04 Å². The standard InChI is InChI=1S/C15H18BrN3S2/c1-19(2)13(14-7-4-8-21-14)10-17-15(20)18-12-6-3-5-11(16)9-12/h3-9,13H,10H2,1-2H3,(H2,17,18,20)/t13-/m1/s1. The number of benzene rings is 1. The smallest absolute Gasteiger partial charge is 0.170 e. The van der Waals surface area contributed by atoms with Gasteiger partial charge in [-0.1, -0.05) is 28.1 Å². The fraction of sp³-hybridized carbons (Fsp3) is 0.267. The van der Waals surface area contributed by atoms with Crippen LogP contribution in [0.3, 0.4) is 0 Å². The number of anilines is 1. The topological polar surface area (TPSA) is 27.3 Å². The van der Waals surface area contributed by atoms with Crippen molar-refractivity contribution in [1.82, 2.24) is 10.2 Å². The summed E-state index contributed by atoms with van der Waals surface area (Å²) in [6.45, 7) is 0.771. The van der Waals surface area contributed by atoms with Crippen LogP contribution in [0.15, 0.2) is 46.3 Å². The molecule has 1 aromatic heterocycles. The van der Waals surface area contributed by atoms with E-state index < -0.39 is 0 Å². The van der Waals surface area contributed by atoms with E-state index in [1.54, 1.807) is 11.3 Å². The second kappa shape index (κ2) is 7.89. The van der Waals surface area contributed by atoms with Crippen molar-refractivity contribution in [1.29, 1.82) is 0 Å². The van der Waals surface area contributed by atoms with E-state index in [1.807, 2.05) is 24.3 Å². The molecule has 1 heterocycles. The summed E-state index contributed by atoms with van der Waals surface area (Å²) in [6, 6.07) is 12.5. The molecule has 1 aromatic carbocycles. The molecule has 2 aromatic rings. The third-order valence-electron chi connectivity index (χ3n) is 3.03. The van der Waals surface area contributed by atoms with Crippen LogP contribution >= 0.6 is 39.5 Å². The molecular weight excluding hydrogens is 366 g/mol. The number of hydrogen-bond acceptors (Lipinski definition) is 3. The van der Waals surface area contributed by atoms with Crippen molar-refractivity contribution in [2.75, 3.05) is 26.0 Å². The molecule has 0 bridgehead atoms. The summed E-state index contributed by atoms with van der Waals surface area (Å²) >= 11 is 10.6. The second-order valence-electron chi connectivity index (χ2n) is 4.84. The van der Waals surface area contributed by atoms with Crippen LogP contribution in [-0.4, -0.2) is 30.7 Å². The highest BCUT2D eigenvalue weighted by atomic mass is 79.9. The number of thiophene rings is 1. The van der Waals surface area contributed by atoms with Gasteiger partial charge in [0.15, 0.2) is 5.11 Å². The van der Waals surface area contributed by atoms with Gasteiger partial charge in [-0.05, 0) is 56.0 Å². The van der Waals surface area contributed by atoms with Gasteiger partial charge in [0.05, 0.1) is 6.04 Å². The van der Waals surface area contributed by atoms with Gasteiger partial charge in [-0.2, -0.15) is 0 Å². The molecule has 6 heteroatoms. The van der Waals surface area contributed by atoms with Crippen LogP contribution in [0.4, 0.5) is 5.69 Å². The Morgan fingerprint density at radius 3 is 2.76 bits per heavy atom. The van der Waals surface area contributed by atoms with Gasteiger partial charge in [0.25, 0.3) is 0 Å². The summed E-state index contributed by atoms with van der Waals surface area (Å²) < 4.78 is 1.03. The summed E-state index contributed by atoms with van der Waals surface area (Å²) in [5.74, 6) is 0. The summed E-state index contributed by atoms with van der Waals surface area (Å²) in [5, 5.41) is 9.22. The maximum atomic E-state index is 5.36. The molecule has 0 aliphatic carbocycles. The first-order valence-electron chi connectivity index (χ1n) is 6.56. The van der Waals surface area contributed by atoms with E-state index in [0.29, 0.717) is 11.2 Å². The molecule has 0 aliphatic rings. The lowest BCUT2D eigenvalue weighted by Gasteiger charge is -2.24. The molecular formula is C15H18BrN3S2. The van der Waals surface area contributed by atoms with E-state index in [0.717, 1.165) is 16.7 Å². The average Bonchev–Trinajstić information content (AvgIpc) is 2.92. The van der Waals surface area contributed by atoms with Gasteiger partial charge in [0.1, 0.15) is 0 Å². The third-order valence-corrected chi connectivity index (χ3v) is 4.75. The lowest BCUT2D eigenvalue weighted by atomic mass is 10.2. The SMILES string of the molecule is CN(C)[C@H](CNC(=S)Nc1cccc(Br)c1)c1cccs1. The quantitative estimate of drug-likeness (QED) is 0.759. The van der Waals surface area contributed by atoms with Gasteiger partial charge in [-0.15, -0.1) is 11.3 Å². The van der Waals surface area contributed by atoms with Crippen molar-refractivity contribution in [2.24, 2.45) is 0 Å². The molecule has 0 spiro atoms. The summed E-state index contributed by atoms with van der Waals surface area (Å²) in [5.41, 5.74) is 0.972. The molecule has 0 unspecified atom stereocenters. The minimum atomic E-state index is 0.312. The van der Waals surface area contributed by atoms with Gasteiger partial charge in [0, 0.05) is 21.6 Å². The molecule has 0 aliphatic heterocycles. The molecule has 112 valence electrons. The van der Waals surface area contributed by atoms with Crippen LogP contribution in [0.5, 0.6) is 0 Å². The lowest BCUT2D eigenvalue weighted by molar-refractivity contribution is 0.303. The molecule has 0 amide bonds. The van der Waals surface area contributed by atoms with Crippen molar-refractivity contribution in [3.63, 3.8) is 0 Å². The minimum Gasteiger partial charge on any atom is -0.360 e. The van der Waals surface area contributed by atoms with Gasteiger partial charge < -0.3 is 15.5 Å². The number of halogens is 1. The Morgan fingerprint density at radius 1 is 1.33 bits per heavy atom. The average molecular weight is 384 g/mol. The van der Waals surface area contributed by atoms with Crippen LogP contribution in [0.2, 0.25) is 0 Å². The highest BCUT2D eigenvalue weighted by Crippen LogP contribution is 2.22. The van der Waals surface area contributed by atoms with Gasteiger partial charge in [-0.3, -0.25) is 0 Å². The van der Waals surface area contributed by atoms with Crippen molar-refractivity contribution < 1.29 is 0 Å². The summed E-state index contributed by atoms with van der Waals surface area (Å²) in [6.07, 6.45) is 0. The molecule has 3 nitrogen and oxygen atoms in total. The highest BCUT2D eigenvalue weighted by Gasteiger charge is 2.15. The van der Waals surface area contributed by atoms with E-state index in [9.17, 15) is 0 Å². The molecule has 2 rings (SSSR count). The first kappa shape index (κ1) is 16.4. The van der Waals surface area contributed by atoms with Crippen LogP contribution in [0.1, 0.15) is 10.9 Å². The predicted molar refractivity (Wildman–Crippen MR) is 99.1 cm³/mol. The Morgan fingerprint density at radius 2 is 2.14 bits per heavy atom. The molecule has 21 heavy (non-hydrogen) atoms. The number of nitrogens with zero attached hydrogens (tertiary/aromatic N) is 1. The second-order valence-corrected chi connectivity index (χ2v) is 7.14. The minimum absolute atomic E-state index is 0.312. The Balaban J connectivity index is 1.90. The van der Waals surface area contributed by atoms with E-state index in [1.165, 1.54) is 4.88 Å². The number of rotatable bonds is 5. The van der Waals surface area contributed by atoms with Gasteiger partial charge in [-0.25, -0.2) is 0 Å². The Kier molecular flexibility index (Phi) is 6.17. The molecule has 0 radical (unpaired) electrons. The Labute approximate surface area is 143 Å². The van der Waals surface area contributed by atoms with Gasteiger partial charge in [0.2, 0.25) is 0 Å². The van der Waals surface area contributed by atoms with E-state index in [4.69, 9.17) is 12.2 Å². The summed E-state index contributed by atoms with van der Waals surface area (Å²) in [7, 11) is 4.16. The van der Waals surface area contributed by atoms with Gasteiger partial charge >= 0.3 is 0 Å². The maximum Gasteiger partial charge on any atom is 0.170 e. The monoisotopic (exact) mass is 383 g/mol. The van der Waals surface area contributed by atoms with E-state index in [-0.39, 0.29) is 0 Å². The Bertz CT molecular complexity index is 584. The van der Waals surface area contributed by atoms with Crippen LogP contribution in [0, 0.1) is 0 Å². The molecule has 0 saturated carbocycles. The van der Waals surface area contributed by atoms with Crippen LogP contribution < -0.4 is 10.6 Å². The predicted octanol–water partition coefficient (Wildman–Crippen LogP) is 4.10. The highest BCUT2D eigenvalue weighted by molar-refractivity contribution is 9.10. The maximum absolute atomic E-state index is 5.36. The first-order chi connectivity index (χ1) is 10.1. The number of nitrogens with one attached hydrogen (secondary N) is 2. The molecule has 2 N–H and O–H groups in total. The zero-order valence-electron chi connectivity index (χ0n) is 12.0. The largest absolute Gasteiger partial charge is 0.360 e. The first-order valence-corrected chi connectivity index (χ1v) is 8.64. The zero-order valence-corrected chi connectivity index (χ0v) is 15.2. The van der Waals surface area contributed by atoms with Crippen molar-refractivity contribution in [3.05, 3.63) is 51.1 Å². The number of thiocarbonyl (C=S) groups is 1. The van der Waals surface area contributed by atoms with Crippen LogP contribution in [0.25, 0.3) is 0 Å². The molecule has 1 atom stereocenters. The van der Waals surface area contributed by atoms with Crippen molar-refractivity contribution in [3.8, 4) is 0 Å². The van der Waals surface area contributed by atoms with Crippen molar-refractivity contribution >= 4 is 50.3 Å². The van der Waals surface area contributed by atoms with Crippen LogP contribution in [-0.2, 0) is 0 Å². The van der Waals surface area contributed by atoms with E-state index >= 15 is 0 Å². The third kappa shape index (κ3) is 5.07. The summed E-state index contributed by atoms with van der Waals surface area (Å²) in [4.78, 5) is 3.53. The fourth-order valence-corrected chi connectivity index (χ4v) is 3.47. The normalized spacial score (nSPS) is 12.2. The molecule has 0 fully saturated rings. The van der Waals surface area contributed by atoms with E-state index in [2.05, 4.69) is 63.1 Å².